The van der Waals surface area contributed by atoms with Gasteiger partial charge in [0, 0.05) is 18.4 Å². The summed E-state index contributed by atoms with van der Waals surface area (Å²) >= 11 is 0. The van der Waals surface area contributed by atoms with Crippen molar-refractivity contribution in [1.29, 1.82) is 0 Å². The summed E-state index contributed by atoms with van der Waals surface area (Å²) in [5.74, 6) is -1.01. The maximum atomic E-state index is 13.4. The Balaban J connectivity index is 1.74. The number of carbonyl (C=O) groups is 2. The number of hydrogen-bond acceptors (Lipinski definition) is 5. The Morgan fingerprint density at radius 3 is 2.46 bits per heavy atom. The van der Waals surface area contributed by atoms with E-state index in [4.69, 9.17) is 11.5 Å². The monoisotopic (exact) mass is 573 g/mol. The number of rotatable bonds is 14. The second-order valence-electron chi connectivity index (χ2n) is 10.7. The van der Waals surface area contributed by atoms with Crippen molar-refractivity contribution in [2.75, 3.05) is 38.5 Å². The molecule has 11 heteroatoms. The van der Waals surface area contributed by atoms with E-state index < -0.39 is 35.6 Å². The first-order valence-electron chi connectivity index (χ1n) is 13.9. The Hall–Kier alpha value is -3.54. The van der Waals surface area contributed by atoms with Gasteiger partial charge in [0.25, 0.3) is 0 Å². The van der Waals surface area contributed by atoms with Gasteiger partial charge in [-0.25, -0.2) is 0 Å². The molecule has 0 bridgehead atoms. The zero-order valence-corrected chi connectivity index (χ0v) is 23.6. The number of para-hydroxylation sites is 1. The first-order chi connectivity index (χ1) is 19.4. The summed E-state index contributed by atoms with van der Waals surface area (Å²) in [4.78, 5) is 30.8. The van der Waals surface area contributed by atoms with Crippen molar-refractivity contribution in [1.82, 2.24) is 10.3 Å². The number of alkyl halides is 3. The van der Waals surface area contributed by atoms with Gasteiger partial charge < -0.3 is 26.6 Å². The quantitative estimate of drug-likeness (QED) is 0.218. The molecule has 2 aromatic carbocycles. The molecule has 3 aromatic rings. The normalized spacial score (nSPS) is 14.7. The molecule has 0 saturated heterocycles. The summed E-state index contributed by atoms with van der Waals surface area (Å²) in [7, 11) is 2.07. The van der Waals surface area contributed by atoms with E-state index in [9.17, 15) is 22.8 Å². The summed E-state index contributed by atoms with van der Waals surface area (Å²) in [6.07, 6.45) is -1.41. The third-order valence-corrected chi connectivity index (χ3v) is 7.22. The number of anilines is 1. The topological polar surface area (TPSA) is 123 Å². The maximum absolute atomic E-state index is 13.4. The molecule has 3 atom stereocenters. The molecule has 1 heterocycles. The fraction of sp³-hybridized carbons (Fsp3) is 0.433. The van der Waals surface area contributed by atoms with Crippen molar-refractivity contribution >= 4 is 28.4 Å². The maximum Gasteiger partial charge on any atom is 0.416 e. The average molecular weight is 574 g/mol. The molecule has 0 fully saturated rings. The Morgan fingerprint density at radius 2 is 1.76 bits per heavy atom. The summed E-state index contributed by atoms with van der Waals surface area (Å²) in [6, 6.07) is 12.2. The second-order valence-corrected chi connectivity index (χ2v) is 10.7. The van der Waals surface area contributed by atoms with Crippen molar-refractivity contribution in [3.8, 4) is 0 Å². The van der Waals surface area contributed by atoms with E-state index >= 15 is 0 Å². The van der Waals surface area contributed by atoms with Crippen LogP contribution in [0.2, 0.25) is 0 Å². The van der Waals surface area contributed by atoms with E-state index in [1.165, 1.54) is 12.3 Å². The number of nitrogens with one attached hydrogen (secondary N) is 2. The van der Waals surface area contributed by atoms with Gasteiger partial charge in [-0.2, -0.15) is 13.2 Å². The molecule has 1 aromatic heterocycles. The molecule has 0 aliphatic carbocycles. The molecule has 2 amide bonds. The predicted octanol–water partition coefficient (Wildman–Crippen LogP) is 3.84. The molecular formula is C30H40F3N6O2+. The van der Waals surface area contributed by atoms with Gasteiger partial charge in [0.1, 0.15) is 6.04 Å². The number of nitrogens with zero attached hydrogens (tertiary/aromatic N) is 2. The number of quaternary nitrogens is 1. The van der Waals surface area contributed by atoms with Crippen LogP contribution in [0.15, 0.2) is 60.8 Å². The molecule has 0 spiro atoms. The van der Waals surface area contributed by atoms with Crippen molar-refractivity contribution in [2.45, 2.75) is 50.9 Å². The minimum absolute atomic E-state index is 0.0728. The molecule has 6 N–H and O–H groups in total. The summed E-state index contributed by atoms with van der Waals surface area (Å²) in [5, 5.41) is 6.35. The van der Waals surface area contributed by atoms with Crippen molar-refractivity contribution in [2.24, 2.45) is 11.5 Å². The van der Waals surface area contributed by atoms with Crippen LogP contribution in [-0.4, -0.2) is 66.6 Å². The van der Waals surface area contributed by atoms with Gasteiger partial charge in [-0.05, 0) is 43.0 Å². The van der Waals surface area contributed by atoms with Crippen LogP contribution in [0.3, 0.4) is 0 Å². The number of amides is 2. The SMILES string of the molecule is CCC[N+](C)(CCN)CC[C@H](N)C(=O)N[C@@H](CCc1cccc(C(F)(F)F)c1)C(=O)Nc1cnc2ccccc2c1. The Kier molecular flexibility index (Phi) is 11.2. The number of likely N-dealkylation sites (N-methyl/N-ethyl adjacent to an activating group) is 1. The number of pyridine rings is 1. The van der Waals surface area contributed by atoms with Gasteiger partial charge in [-0.1, -0.05) is 43.3 Å². The van der Waals surface area contributed by atoms with E-state index in [2.05, 4.69) is 29.6 Å². The second kappa shape index (κ2) is 14.4. The fourth-order valence-electron chi connectivity index (χ4n) is 4.90. The van der Waals surface area contributed by atoms with Gasteiger partial charge in [-0.3, -0.25) is 14.6 Å². The Bertz CT molecular complexity index is 1310. The molecule has 0 aliphatic heterocycles. The number of fused-ring (bicyclic) bond motifs is 1. The number of halogens is 3. The van der Waals surface area contributed by atoms with Crippen LogP contribution < -0.4 is 22.1 Å². The minimum atomic E-state index is -4.48. The third-order valence-electron chi connectivity index (χ3n) is 7.22. The van der Waals surface area contributed by atoms with E-state index in [1.54, 1.807) is 12.1 Å². The van der Waals surface area contributed by atoms with Crippen molar-refractivity contribution < 1.29 is 27.2 Å². The molecule has 41 heavy (non-hydrogen) atoms. The highest BCUT2D eigenvalue weighted by Crippen LogP contribution is 2.30. The highest BCUT2D eigenvalue weighted by molar-refractivity contribution is 5.98. The fourth-order valence-corrected chi connectivity index (χ4v) is 4.90. The highest BCUT2D eigenvalue weighted by atomic mass is 19.4. The lowest BCUT2D eigenvalue weighted by atomic mass is 10.0. The number of benzene rings is 2. The summed E-state index contributed by atoms with van der Waals surface area (Å²) < 4.78 is 40.3. The molecule has 3 rings (SSSR count). The molecule has 0 radical (unpaired) electrons. The standard InChI is InChI=1S/C30H39F3N6O2/c1-3-15-39(2,17-14-34)16-13-25(35)28(40)38-27(12-11-21-7-6-9-23(18-21)30(31,32)33)29(41)37-24-19-22-8-4-5-10-26(22)36-20-24/h4-10,18-20,25,27H,3,11-17,34-35H2,1-2H3,(H-,37,38,40,41)/p+1/t25-,27-,39?/m0/s1. The zero-order valence-electron chi connectivity index (χ0n) is 23.6. The first kappa shape index (κ1) is 32.0. The van der Waals surface area contributed by atoms with Gasteiger partial charge in [0.15, 0.2) is 0 Å². The number of carbonyl (C=O) groups excluding carboxylic acids is 2. The van der Waals surface area contributed by atoms with Crippen LogP contribution in [-0.2, 0) is 22.2 Å². The van der Waals surface area contributed by atoms with E-state index in [0.29, 0.717) is 35.2 Å². The van der Waals surface area contributed by atoms with Crippen LogP contribution in [0.5, 0.6) is 0 Å². The zero-order chi connectivity index (χ0) is 30.0. The molecule has 0 aliphatic rings. The average Bonchev–Trinajstić information content (AvgIpc) is 2.93. The lowest BCUT2D eigenvalue weighted by Gasteiger charge is -2.34. The lowest BCUT2D eigenvalue weighted by Crippen LogP contribution is -2.53. The molecule has 222 valence electrons. The Morgan fingerprint density at radius 1 is 1.00 bits per heavy atom. The van der Waals surface area contributed by atoms with E-state index in [1.807, 2.05) is 24.3 Å². The van der Waals surface area contributed by atoms with Crippen LogP contribution in [0.1, 0.15) is 37.3 Å². The van der Waals surface area contributed by atoms with E-state index in [0.717, 1.165) is 42.5 Å². The van der Waals surface area contributed by atoms with Crippen LogP contribution >= 0.6 is 0 Å². The molecular weight excluding hydrogens is 533 g/mol. The summed E-state index contributed by atoms with van der Waals surface area (Å²) in [5.41, 5.74) is 12.8. The Labute approximate surface area is 238 Å². The third kappa shape index (κ3) is 9.51. The molecule has 8 nitrogen and oxygen atoms in total. The van der Waals surface area contributed by atoms with Crippen LogP contribution in [0.4, 0.5) is 18.9 Å². The number of aryl methyl sites for hydroxylation is 1. The lowest BCUT2D eigenvalue weighted by molar-refractivity contribution is -0.908. The van der Waals surface area contributed by atoms with Gasteiger partial charge in [0.2, 0.25) is 11.8 Å². The van der Waals surface area contributed by atoms with E-state index in [-0.39, 0.29) is 12.8 Å². The summed E-state index contributed by atoms with van der Waals surface area (Å²) in [6.45, 7) is 4.89. The van der Waals surface area contributed by atoms with Crippen molar-refractivity contribution in [3.63, 3.8) is 0 Å². The van der Waals surface area contributed by atoms with Gasteiger partial charge in [-0.15, -0.1) is 0 Å². The first-order valence-corrected chi connectivity index (χ1v) is 13.9. The molecule has 1 unspecified atom stereocenters. The largest absolute Gasteiger partial charge is 0.416 e. The molecule has 0 saturated carbocycles. The van der Waals surface area contributed by atoms with Crippen LogP contribution in [0.25, 0.3) is 10.9 Å². The van der Waals surface area contributed by atoms with Gasteiger partial charge >= 0.3 is 6.18 Å². The van der Waals surface area contributed by atoms with Crippen molar-refractivity contribution in [3.05, 3.63) is 71.9 Å². The minimum Gasteiger partial charge on any atom is -0.343 e. The number of nitrogens with two attached hydrogens (primary N) is 2. The van der Waals surface area contributed by atoms with Gasteiger partial charge in [0.05, 0.1) is 55.7 Å². The number of aromatic nitrogens is 1. The van der Waals surface area contributed by atoms with Crippen LogP contribution in [0, 0.1) is 0 Å². The predicted molar refractivity (Wildman–Crippen MR) is 155 cm³/mol. The number of hydrogen-bond donors (Lipinski definition) is 4. The smallest absolute Gasteiger partial charge is 0.343 e. The highest BCUT2D eigenvalue weighted by Gasteiger charge is 2.31.